The van der Waals surface area contributed by atoms with Crippen molar-refractivity contribution in [3.63, 3.8) is 0 Å². The summed E-state index contributed by atoms with van der Waals surface area (Å²) < 4.78 is 5.27. The summed E-state index contributed by atoms with van der Waals surface area (Å²) in [5.41, 5.74) is 0.655. The number of hydrogen-bond acceptors (Lipinski definition) is 5. The molecule has 1 aromatic carbocycles. The number of Topliss-reactive ketones (excluding diaryl/α,β-unsaturated/α-hetero) is 2. The highest BCUT2D eigenvalue weighted by molar-refractivity contribution is 6.22. The molecular formula is C20H26N2O4. The monoisotopic (exact) mass is 358 g/mol. The Morgan fingerprint density at radius 1 is 1.19 bits per heavy atom. The lowest BCUT2D eigenvalue weighted by molar-refractivity contribution is -0.130. The van der Waals surface area contributed by atoms with Gasteiger partial charge in [-0.25, -0.2) is 9.80 Å². The number of carbonyl (C=O) groups is 3. The number of benzene rings is 1. The molecule has 6 heteroatoms. The molecule has 0 radical (unpaired) electrons. The number of rotatable bonds is 4. The van der Waals surface area contributed by atoms with Crippen molar-refractivity contribution in [3.8, 4) is 0 Å². The van der Waals surface area contributed by atoms with Gasteiger partial charge in [-0.05, 0) is 39.2 Å². The molecule has 2 rings (SSSR count). The van der Waals surface area contributed by atoms with Crippen molar-refractivity contribution >= 4 is 23.4 Å². The zero-order chi connectivity index (χ0) is 19.3. The Hall–Kier alpha value is -2.50. The van der Waals surface area contributed by atoms with Gasteiger partial charge in [-0.1, -0.05) is 30.3 Å². The average molecular weight is 358 g/mol. The minimum absolute atomic E-state index is 0.131. The molecule has 1 fully saturated rings. The van der Waals surface area contributed by atoms with Crippen LogP contribution in [-0.4, -0.2) is 41.0 Å². The summed E-state index contributed by atoms with van der Waals surface area (Å²) >= 11 is 0. The number of hydrogen-bond donors (Lipinski definition) is 0. The Kier molecular flexibility index (Phi) is 6.29. The van der Waals surface area contributed by atoms with Crippen LogP contribution in [0, 0.1) is 5.92 Å². The molecule has 0 bridgehead atoms. The summed E-state index contributed by atoms with van der Waals surface area (Å²) in [7, 11) is 1.47. The van der Waals surface area contributed by atoms with Crippen LogP contribution in [0.25, 0.3) is 0 Å². The van der Waals surface area contributed by atoms with Gasteiger partial charge < -0.3 is 4.74 Å². The van der Waals surface area contributed by atoms with Gasteiger partial charge in [0, 0.05) is 19.9 Å². The summed E-state index contributed by atoms with van der Waals surface area (Å²) in [6, 6.07) is 9.30. The van der Waals surface area contributed by atoms with E-state index in [4.69, 9.17) is 4.74 Å². The predicted octanol–water partition coefficient (Wildman–Crippen LogP) is 3.39. The van der Waals surface area contributed by atoms with Crippen molar-refractivity contribution in [1.29, 1.82) is 0 Å². The van der Waals surface area contributed by atoms with E-state index < -0.39 is 17.6 Å². The maximum Gasteiger partial charge on any atom is 0.430 e. The lowest BCUT2D eigenvalue weighted by Crippen LogP contribution is -2.39. The molecule has 1 atom stereocenters. The second-order valence-corrected chi connectivity index (χ2v) is 7.48. The number of ketones is 2. The summed E-state index contributed by atoms with van der Waals surface area (Å²) in [4.78, 5) is 37.2. The van der Waals surface area contributed by atoms with Gasteiger partial charge in [-0.3, -0.25) is 9.59 Å². The van der Waals surface area contributed by atoms with Crippen LogP contribution in [0.5, 0.6) is 0 Å². The van der Waals surface area contributed by atoms with E-state index >= 15 is 0 Å². The number of amides is 1. The number of ether oxygens (including phenoxy) is 1. The lowest BCUT2D eigenvalue weighted by Gasteiger charge is -2.25. The van der Waals surface area contributed by atoms with Gasteiger partial charge >= 0.3 is 6.09 Å². The zero-order valence-electron chi connectivity index (χ0n) is 15.8. The van der Waals surface area contributed by atoms with Gasteiger partial charge in [-0.2, -0.15) is 5.10 Å². The molecule has 1 unspecified atom stereocenters. The van der Waals surface area contributed by atoms with E-state index in [1.54, 1.807) is 20.8 Å². The maximum absolute atomic E-state index is 12.7. The van der Waals surface area contributed by atoms with Crippen LogP contribution in [0.1, 0.15) is 45.6 Å². The highest BCUT2D eigenvalue weighted by Gasteiger charge is 2.35. The minimum Gasteiger partial charge on any atom is -0.442 e. The first-order chi connectivity index (χ1) is 12.2. The van der Waals surface area contributed by atoms with Crippen LogP contribution in [-0.2, 0) is 20.7 Å². The number of nitrogens with zero attached hydrogens (tertiary/aromatic N) is 2. The van der Waals surface area contributed by atoms with Gasteiger partial charge in [0.25, 0.3) is 0 Å². The summed E-state index contributed by atoms with van der Waals surface area (Å²) in [6.07, 6.45) is 1.07. The molecule has 1 aliphatic carbocycles. The molecule has 0 saturated heterocycles. The molecule has 1 aromatic rings. The Bertz CT molecular complexity index is 704. The molecule has 0 heterocycles. The van der Waals surface area contributed by atoms with Crippen molar-refractivity contribution < 1.29 is 19.1 Å². The van der Waals surface area contributed by atoms with E-state index in [-0.39, 0.29) is 18.0 Å². The van der Waals surface area contributed by atoms with E-state index in [1.165, 1.54) is 7.05 Å². The van der Waals surface area contributed by atoms with Crippen molar-refractivity contribution in [2.45, 2.75) is 52.1 Å². The van der Waals surface area contributed by atoms with Crippen molar-refractivity contribution in [3.05, 3.63) is 35.9 Å². The van der Waals surface area contributed by atoms with Crippen LogP contribution in [0.15, 0.2) is 35.4 Å². The van der Waals surface area contributed by atoms with Crippen molar-refractivity contribution in [2.24, 2.45) is 11.0 Å². The second-order valence-electron chi connectivity index (χ2n) is 7.48. The second kappa shape index (κ2) is 8.25. The van der Waals surface area contributed by atoms with Crippen LogP contribution in [0.2, 0.25) is 0 Å². The fraction of sp³-hybridized carbons (Fsp3) is 0.500. The molecule has 0 N–H and O–H groups in total. The van der Waals surface area contributed by atoms with E-state index in [0.29, 0.717) is 25.0 Å². The first-order valence-electron chi connectivity index (χ1n) is 8.81. The van der Waals surface area contributed by atoms with Crippen LogP contribution >= 0.6 is 0 Å². The van der Waals surface area contributed by atoms with Gasteiger partial charge in [0.15, 0.2) is 5.78 Å². The average Bonchev–Trinajstić information content (AvgIpc) is 2.54. The fourth-order valence-corrected chi connectivity index (χ4v) is 2.85. The zero-order valence-corrected chi connectivity index (χ0v) is 15.8. The van der Waals surface area contributed by atoms with Crippen LogP contribution in [0.4, 0.5) is 4.79 Å². The van der Waals surface area contributed by atoms with Crippen LogP contribution < -0.4 is 0 Å². The van der Waals surface area contributed by atoms with E-state index in [9.17, 15) is 14.4 Å². The Labute approximate surface area is 154 Å². The van der Waals surface area contributed by atoms with Gasteiger partial charge in [0.05, 0.1) is 5.71 Å². The highest BCUT2D eigenvalue weighted by atomic mass is 16.6. The first-order valence-corrected chi connectivity index (χ1v) is 8.81. The van der Waals surface area contributed by atoms with Gasteiger partial charge in [-0.15, -0.1) is 0 Å². The highest BCUT2D eigenvalue weighted by Crippen LogP contribution is 2.22. The first kappa shape index (κ1) is 19.8. The van der Waals surface area contributed by atoms with E-state index in [0.717, 1.165) is 10.6 Å². The third kappa shape index (κ3) is 5.51. The molecule has 0 aliphatic heterocycles. The molecule has 1 aliphatic rings. The summed E-state index contributed by atoms with van der Waals surface area (Å²) in [5.74, 6) is -1.19. The molecule has 0 aromatic heterocycles. The third-order valence-corrected chi connectivity index (χ3v) is 3.99. The third-order valence-electron chi connectivity index (χ3n) is 3.99. The summed E-state index contributed by atoms with van der Waals surface area (Å²) in [5, 5.41) is 5.32. The molecule has 26 heavy (non-hydrogen) atoms. The Balaban J connectivity index is 2.17. The predicted molar refractivity (Wildman–Crippen MR) is 98.9 cm³/mol. The molecule has 1 amide bonds. The topological polar surface area (TPSA) is 76.0 Å². The van der Waals surface area contributed by atoms with Gasteiger partial charge in [0.2, 0.25) is 0 Å². The lowest BCUT2D eigenvalue weighted by atomic mass is 9.81. The van der Waals surface area contributed by atoms with Crippen molar-refractivity contribution in [1.82, 2.24) is 5.01 Å². The molecule has 6 nitrogen and oxygen atoms in total. The van der Waals surface area contributed by atoms with E-state index in [1.807, 2.05) is 30.3 Å². The standard InChI is InChI=1S/C20H26N2O4/c1-20(2,3)26-19(25)22(4)21-15-11-8-12-16(23)18(15)17(24)13-14-9-6-5-7-10-14/h5-7,9-10,18H,8,11-13H2,1-4H3/b21-15-. The quantitative estimate of drug-likeness (QED) is 0.611. The Morgan fingerprint density at radius 2 is 1.85 bits per heavy atom. The number of carbonyl (C=O) groups excluding carboxylic acids is 3. The SMILES string of the molecule is CN(/N=C1/CCCC(=O)C1C(=O)Cc1ccccc1)C(=O)OC(C)(C)C. The largest absolute Gasteiger partial charge is 0.442 e. The number of hydrazone groups is 1. The molecule has 140 valence electrons. The maximum atomic E-state index is 12.7. The van der Waals surface area contributed by atoms with Crippen molar-refractivity contribution in [2.75, 3.05) is 7.05 Å². The Morgan fingerprint density at radius 3 is 2.46 bits per heavy atom. The smallest absolute Gasteiger partial charge is 0.430 e. The van der Waals surface area contributed by atoms with Gasteiger partial charge in [0.1, 0.15) is 17.3 Å². The van der Waals surface area contributed by atoms with Crippen LogP contribution in [0.3, 0.4) is 0 Å². The molecule has 1 saturated carbocycles. The normalized spacial score (nSPS) is 19.3. The van der Waals surface area contributed by atoms with E-state index in [2.05, 4.69) is 5.10 Å². The molecule has 0 spiro atoms. The minimum atomic E-state index is -0.881. The molecular weight excluding hydrogens is 332 g/mol. The fourth-order valence-electron chi connectivity index (χ4n) is 2.85. The summed E-state index contributed by atoms with van der Waals surface area (Å²) in [6.45, 7) is 5.30.